The zero-order valence-corrected chi connectivity index (χ0v) is 9.11. The maximum Gasteiger partial charge on any atom is 0.196 e. The summed E-state index contributed by atoms with van der Waals surface area (Å²) in [5.41, 5.74) is 0.871. The number of halogens is 1. The standard InChI is InChI=1S/C12H9ClN2O/c13-12-14-6-5-9(15-12)11-7-8-3-1-2-4-10(8)16-11/h1-7,9H,(H,14,15). The number of aliphatic imine (C=N–C) groups is 1. The minimum absolute atomic E-state index is 0.138. The Bertz CT molecular complexity index is 552. The molecule has 0 saturated carbocycles. The number of fused-ring (bicyclic) bond motifs is 1. The van der Waals surface area contributed by atoms with Crippen LogP contribution in [0.2, 0.25) is 0 Å². The molecule has 80 valence electrons. The Kier molecular flexibility index (Phi) is 2.18. The van der Waals surface area contributed by atoms with Crippen molar-refractivity contribution in [3.8, 4) is 0 Å². The fraction of sp³-hybridized carbons (Fsp3) is 0.0833. The maximum absolute atomic E-state index is 5.81. The van der Waals surface area contributed by atoms with Gasteiger partial charge in [0.2, 0.25) is 0 Å². The summed E-state index contributed by atoms with van der Waals surface area (Å²) in [6.45, 7) is 0. The summed E-state index contributed by atoms with van der Waals surface area (Å²) in [4.78, 5) is 4.24. The van der Waals surface area contributed by atoms with Gasteiger partial charge in [-0.3, -0.25) is 0 Å². The molecule has 0 aliphatic carbocycles. The average Bonchev–Trinajstić information content (AvgIpc) is 2.72. The molecule has 2 aromatic rings. The maximum atomic E-state index is 5.81. The highest BCUT2D eigenvalue weighted by Gasteiger charge is 2.15. The normalized spacial score (nSPS) is 19.6. The van der Waals surface area contributed by atoms with Crippen molar-refractivity contribution in [3.05, 3.63) is 48.4 Å². The van der Waals surface area contributed by atoms with Gasteiger partial charge in [0.25, 0.3) is 0 Å². The number of hydrogen-bond acceptors (Lipinski definition) is 3. The zero-order valence-electron chi connectivity index (χ0n) is 8.35. The van der Waals surface area contributed by atoms with Gasteiger partial charge in [-0.05, 0) is 29.8 Å². The van der Waals surface area contributed by atoms with Crippen LogP contribution in [0.25, 0.3) is 11.0 Å². The first-order valence-corrected chi connectivity index (χ1v) is 5.36. The second-order valence-electron chi connectivity index (χ2n) is 3.55. The van der Waals surface area contributed by atoms with Gasteiger partial charge in [-0.2, -0.15) is 0 Å². The monoisotopic (exact) mass is 232 g/mol. The Balaban J connectivity index is 2.06. The van der Waals surface area contributed by atoms with Crippen LogP contribution in [0.1, 0.15) is 11.8 Å². The lowest BCUT2D eigenvalue weighted by Crippen LogP contribution is -2.15. The van der Waals surface area contributed by atoms with Crippen molar-refractivity contribution in [2.45, 2.75) is 6.04 Å². The minimum atomic E-state index is -0.138. The average molecular weight is 233 g/mol. The zero-order chi connectivity index (χ0) is 11.0. The largest absolute Gasteiger partial charge is 0.458 e. The van der Waals surface area contributed by atoms with Crippen LogP contribution in [-0.4, -0.2) is 5.29 Å². The molecule has 0 saturated heterocycles. The van der Waals surface area contributed by atoms with Crippen LogP contribution in [0.3, 0.4) is 0 Å². The van der Waals surface area contributed by atoms with Crippen molar-refractivity contribution in [2.24, 2.45) is 4.99 Å². The van der Waals surface area contributed by atoms with Crippen LogP contribution < -0.4 is 5.32 Å². The van der Waals surface area contributed by atoms with Crippen LogP contribution in [0.4, 0.5) is 0 Å². The summed E-state index contributed by atoms with van der Waals surface area (Å²) >= 11 is 5.81. The molecule has 0 radical (unpaired) electrons. The Morgan fingerprint density at radius 1 is 1.31 bits per heavy atom. The second-order valence-corrected chi connectivity index (χ2v) is 3.91. The smallest absolute Gasteiger partial charge is 0.196 e. The second kappa shape index (κ2) is 3.68. The van der Waals surface area contributed by atoms with Gasteiger partial charge >= 0.3 is 0 Å². The van der Waals surface area contributed by atoms with Gasteiger partial charge in [0.1, 0.15) is 17.4 Å². The molecule has 1 aliphatic heterocycles. The Labute approximate surface area is 97.4 Å². The van der Waals surface area contributed by atoms with Crippen molar-refractivity contribution in [1.29, 1.82) is 0 Å². The molecular formula is C12H9ClN2O. The number of para-hydroxylation sites is 1. The van der Waals surface area contributed by atoms with Crippen molar-refractivity contribution in [1.82, 2.24) is 5.32 Å². The number of amidine groups is 1. The molecule has 4 heteroatoms. The highest BCUT2D eigenvalue weighted by molar-refractivity contribution is 6.64. The molecule has 3 nitrogen and oxygen atoms in total. The van der Waals surface area contributed by atoms with Crippen LogP contribution in [0.5, 0.6) is 0 Å². The summed E-state index contributed by atoms with van der Waals surface area (Å²) < 4.78 is 5.71. The fourth-order valence-electron chi connectivity index (χ4n) is 1.72. The van der Waals surface area contributed by atoms with E-state index < -0.39 is 0 Å². The summed E-state index contributed by atoms with van der Waals surface area (Å²) in [5.74, 6) is 0.803. The lowest BCUT2D eigenvalue weighted by Gasteiger charge is -2.10. The highest BCUT2D eigenvalue weighted by atomic mass is 35.5. The first kappa shape index (κ1) is 9.48. The van der Waals surface area contributed by atoms with E-state index in [9.17, 15) is 0 Å². The molecule has 0 bridgehead atoms. The molecule has 3 rings (SSSR count). The molecule has 16 heavy (non-hydrogen) atoms. The third-order valence-corrected chi connectivity index (χ3v) is 2.68. The van der Waals surface area contributed by atoms with Crippen molar-refractivity contribution < 1.29 is 4.42 Å². The predicted molar refractivity (Wildman–Crippen MR) is 64.5 cm³/mol. The van der Waals surface area contributed by atoms with Gasteiger partial charge < -0.3 is 9.73 Å². The quantitative estimate of drug-likeness (QED) is 0.767. The fourth-order valence-corrected chi connectivity index (χ4v) is 1.89. The van der Waals surface area contributed by atoms with E-state index in [4.69, 9.17) is 16.0 Å². The van der Waals surface area contributed by atoms with Gasteiger partial charge in [0.15, 0.2) is 5.29 Å². The topological polar surface area (TPSA) is 37.5 Å². The van der Waals surface area contributed by atoms with Crippen LogP contribution in [-0.2, 0) is 0 Å². The lowest BCUT2D eigenvalue weighted by atomic mass is 10.2. The first-order valence-electron chi connectivity index (χ1n) is 4.98. The molecular weight excluding hydrogens is 224 g/mol. The van der Waals surface area contributed by atoms with E-state index in [1.165, 1.54) is 0 Å². The van der Waals surface area contributed by atoms with E-state index in [0.717, 1.165) is 16.7 Å². The molecule has 2 heterocycles. The molecule has 0 fully saturated rings. The summed E-state index contributed by atoms with van der Waals surface area (Å²) in [6.07, 6.45) is 3.68. The number of nitrogens with one attached hydrogen (secondary N) is 1. The van der Waals surface area contributed by atoms with Crippen molar-refractivity contribution >= 4 is 27.9 Å². The van der Waals surface area contributed by atoms with Crippen LogP contribution in [0.15, 0.2) is 52.0 Å². The predicted octanol–water partition coefficient (Wildman–Crippen LogP) is 3.19. The number of hydrogen-bond donors (Lipinski definition) is 1. The van der Waals surface area contributed by atoms with Gasteiger partial charge in [0.05, 0.1) is 0 Å². The van der Waals surface area contributed by atoms with Crippen LogP contribution >= 0.6 is 11.6 Å². The molecule has 1 atom stereocenters. The Morgan fingerprint density at radius 2 is 2.19 bits per heavy atom. The van der Waals surface area contributed by atoms with Gasteiger partial charge in [-0.1, -0.05) is 18.2 Å². The van der Waals surface area contributed by atoms with E-state index >= 15 is 0 Å². The van der Waals surface area contributed by atoms with Gasteiger partial charge in [-0.25, -0.2) is 4.99 Å². The summed E-state index contributed by atoms with van der Waals surface area (Å²) in [5, 5.41) is 4.27. The Hall–Kier alpha value is -1.74. The Morgan fingerprint density at radius 3 is 3.00 bits per heavy atom. The van der Waals surface area contributed by atoms with E-state index in [0.29, 0.717) is 5.29 Å². The number of rotatable bonds is 1. The molecule has 0 spiro atoms. The number of nitrogens with zero attached hydrogens (tertiary/aromatic N) is 1. The van der Waals surface area contributed by atoms with Gasteiger partial charge in [0, 0.05) is 11.6 Å². The summed E-state index contributed by atoms with van der Waals surface area (Å²) in [7, 11) is 0. The molecule has 1 aromatic carbocycles. The number of furan rings is 1. The lowest BCUT2D eigenvalue weighted by molar-refractivity contribution is 0.529. The molecule has 1 N–H and O–H groups in total. The van der Waals surface area contributed by atoms with Crippen LogP contribution in [0, 0.1) is 0 Å². The molecule has 0 amide bonds. The third-order valence-electron chi connectivity index (χ3n) is 2.47. The minimum Gasteiger partial charge on any atom is -0.458 e. The van der Waals surface area contributed by atoms with Crippen molar-refractivity contribution in [3.63, 3.8) is 0 Å². The van der Waals surface area contributed by atoms with Crippen molar-refractivity contribution in [2.75, 3.05) is 0 Å². The molecule has 1 aromatic heterocycles. The molecule has 1 unspecified atom stereocenters. The van der Waals surface area contributed by atoms with E-state index in [1.807, 2.05) is 36.4 Å². The third kappa shape index (κ3) is 1.59. The highest BCUT2D eigenvalue weighted by Crippen LogP contribution is 2.27. The molecule has 1 aliphatic rings. The SMILES string of the molecule is ClC1=NC(c2cc3ccccc3o2)C=CN1. The first-order chi connectivity index (χ1) is 7.83. The van der Waals surface area contributed by atoms with Gasteiger partial charge in [-0.15, -0.1) is 0 Å². The van der Waals surface area contributed by atoms with E-state index in [2.05, 4.69) is 10.3 Å². The van der Waals surface area contributed by atoms with E-state index in [1.54, 1.807) is 6.20 Å². The van der Waals surface area contributed by atoms with E-state index in [-0.39, 0.29) is 6.04 Å². The number of benzene rings is 1. The summed E-state index contributed by atoms with van der Waals surface area (Å²) in [6, 6.07) is 9.73.